The van der Waals surface area contributed by atoms with Crippen LogP contribution in [0.1, 0.15) is 40.7 Å². The number of hydrogen-bond donors (Lipinski definition) is 0. The van der Waals surface area contributed by atoms with Crippen LogP contribution in [-0.4, -0.2) is 44.7 Å². The third kappa shape index (κ3) is 3.58. The summed E-state index contributed by atoms with van der Waals surface area (Å²) in [5.74, 6) is 1.96. The summed E-state index contributed by atoms with van der Waals surface area (Å²) < 4.78 is 16.8. The molecule has 2 aromatic rings. The summed E-state index contributed by atoms with van der Waals surface area (Å²) in [6.07, 6.45) is 4.85. The molecule has 0 bridgehead atoms. The first-order chi connectivity index (χ1) is 14.5. The highest BCUT2D eigenvalue weighted by atomic mass is 16.5. The van der Waals surface area contributed by atoms with E-state index < -0.39 is 0 Å². The van der Waals surface area contributed by atoms with E-state index in [4.69, 9.17) is 14.2 Å². The molecule has 2 aromatic carbocycles. The first kappa shape index (κ1) is 20.5. The van der Waals surface area contributed by atoms with Crippen LogP contribution in [0.5, 0.6) is 11.5 Å². The third-order valence-electron chi connectivity index (χ3n) is 6.55. The van der Waals surface area contributed by atoms with Crippen LogP contribution in [0.3, 0.4) is 0 Å². The van der Waals surface area contributed by atoms with Crippen LogP contribution in [0.2, 0.25) is 0 Å². The van der Waals surface area contributed by atoms with Crippen LogP contribution in [0, 0.1) is 6.92 Å². The molecule has 158 valence electrons. The summed E-state index contributed by atoms with van der Waals surface area (Å²) in [7, 11) is 5.45. The van der Waals surface area contributed by atoms with Crippen LogP contribution in [-0.2, 0) is 10.2 Å². The van der Waals surface area contributed by atoms with Gasteiger partial charge >= 0.3 is 5.97 Å². The molecule has 30 heavy (non-hydrogen) atoms. The molecule has 5 nitrogen and oxygen atoms in total. The van der Waals surface area contributed by atoms with Gasteiger partial charge in [0.2, 0.25) is 0 Å². The molecule has 5 heteroatoms. The second-order valence-corrected chi connectivity index (χ2v) is 8.29. The molecule has 1 aliphatic heterocycles. The van der Waals surface area contributed by atoms with Crippen LogP contribution in [0.25, 0.3) is 0 Å². The summed E-state index contributed by atoms with van der Waals surface area (Å²) in [4.78, 5) is 15.0. The highest BCUT2D eigenvalue weighted by Crippen LogP contribution is 2.49. The molecule has 2 atom stereocenters. The average Bonchev–Trinajstić information content (AvgIpc) is 3.10. The summed E-state index contributed by atoms with van der Waals surface area (Å²) in [6, 6.07) is 13.9. The lowest BCUT2D eigenvalue weighted by atomic mass is 9.68. The number of ether oxygens (including phenoxy) is 3. The van der Waals surface area contributed by atoms with Crippen LogP contribution in [0.15, 0.2) is 54.3 Å². The van der Waals surface area contributed by atoms with E-state index in [2.05, 4.69) is 30.2 Å². The maximum atomic E-state index is 12.6. The van der Waals surface area contributed by atoms with Gasteiger partial charge in [0.1, 0.15) is 5.76 Å². The summed E-state index contributed by atoms with van der Waals surface area (Å²) in [5, 5.41) is 0. The van der Waals surface area contributed by atoms with E-state index in [1.165, 1.54) is 5.56 Å². The van der Waals surface area contributed by atoms with Gasteiger partial charge in [-0.3, -0.25) is 4.90 Å². The van der Waals surface area contributed by atoms with Crippen LogP contribution in [0.4, 0.5) is 0 Å². The van der Waals surface area contributed by atoms with Gasteiger partial charge in [0.05, 0.1) is 19.8 Å². The Bertz CT molecular complexity index is 983. The standard InChI is InChI=1S/C25H29NO4/c1-17-6-5-7-18(14-17)24(27)30-20-10-11-25(12-13-26(2)23(25)16-20)19-8-9-21(28-3)22(15-19)29-4/h5-9,14-16,23H,10-13H2,1-4H3/t23-,25-/m0/s1. The van der Waals surface area contributed by atoms with E-state index >= 15 is 0 Å². The van der Waals surface area contributed by atoms with Gasteiger partial charge in [-0.1, -0.05) is 23.8 Å². The van der Waals surface area contributed by atoms with Gasteiger partial charge in [-0.25, -0.2) is 4.79 Å². The number of carbonyl (C=O) groups excluding carboxylic acids is 1. The van der Waals surface area contributed by atoms with Crippen molar-refractivity contribution in [1.29, 1.82) is 0 Å². The number of likely N-dealkylation sites (N-methyl/N-ethyl adjacent to an activating group) is 1. The molecule has 0 N–H and O–H groups in total. The van der Waals surface area contributed by atoms with Crippen molar-refractivity contribution >= 4 is 5.97 Å². The first-order valence-corrected chi connectivity index (χ1v) is 10.4. The number of carbonyl (C=O) groups is 1. The average molecular weight is 408 g/mol. The molecule has 0 saturated carbocycles. The fourth-order valence-electron chi connectivity index (χ4n) is 4.89. The number of esters is 1. The molecular formula is C25H29NO4. The summed E-state index contributed by atoms with van der Waals surface area (Å²) in [6.45, 7) is 2.97. The van der Waals surface area contributed by atoms with Gasteiger partial charge in [0, 0.05) is 17.9 Å². The largest absolute Gasteiger partial charge is 0.493 e. The minimum atomic E-state index is -0.288. The van der Waals surface area contributed by atoms with Gasteiger partial charge < -0.3 is 14.2 Å². The number of aryl methyl sites for hydroxylation is 1. The van der Waals surface area contributed by atoms with Gasteiger partial charge in [-0.15, -0.1) is 0 Å². The number of hydrogen-bond acceptors (Lipinski definition) is 5. The predicted octanol–water partition coefficient (Wildman–Crippen LogP) is 4.49. The van der Waals surface area contributed by atoms with Crippen molar-refractivity contribution < 1.29 is 19.0 Å². The topological polar surface area (TPSA) is 48.0 Å². The number of methoxy groups -OCH3 is 2. The van der Waals surface area contributed by atoms with Crippen LogP contribution < -0.4 is 9.47 Å². The minimum Gasteiger partial charge on any atom is -0.493 e. The molecule has 0 unspecified atom stereocenters. The van der Waals surface area contributed by atoms with Crippen molar-refractivity contribution in [3.05, 3.63) is 71.0 Å². The molecule has 0 aromatic heterocycles. The van der Waals surface area contributed by atoms with E-state index in [1.807, 2.05) is 31.2 Å². The van der Waals surface area contributed by atoms with E-state index in [-0.39, 0.29) is 17.4 Å². The van der Waals surface area contributed by atoms with Crippen molar-refractivity contribution in [2.24, 2.45) is 0 Å². The molecule has 1 aliphatic carbocycles. The van der Waals surface area contributed by atoms with Crippen molar-refractivity contribution in [3.63, 3.8) is 0 Å². The maximum Gasteiger partial charge on any atom is 0.343 e. The molecule has 4 rings (SSSR count). The van der Waals surface area contributed by atoms with E-state index in [0.717, 1.165) is 48.6 Å². The minimum absolute atomic E-state index is 0.0203. The molecule has 1 heterocycles. The lowest BCUT2D eigenvalue weighted by Gasteiger charge is -2.40. The van der Waals surface area contributed by atoms with Gasteiger partial charge in [0.15, 0.2) is 11.5 Å². The monoisotopic (exact) mass is 407 g/mol. The lowest BCUT2D eigenvalue weighted by molar-refractivity contribution is 0.0593. The quantitative estimate of drug-likeness (QED) is 0.684. The Labute approximate surface area is 178 Å². The van der Waals surface area contributed by atoms with Gasteiger partial charge in [-0.05, 0) is 69.3 Å². The molecule has 0 radical (unpaired) electrons. The highest BCUT2D eigenvalue weighted by Gasteiger charge is 2.48. The molecule has 0 amide bonds. The first-order valence-electron chi connectivity index (χ1n) is 10.4. The Hall–Kier alpha value is -2.79. The zero-order valence-corrected chi connectivity index (χ0v) is 18.1. The lowest BCUT2D eigenvalue weighted by Crippen LogP contribution is -2.42. The summed E-state index contributed by atoms with van der Waals surface area (Å²) in [5.41, 5.74) is 2.86. The second-order valence-electron chi connectivity index (χ2n) is 8.29. The zero-order valence-electron chi connectivity index (χ0n) is 18.1. The fraction of sp³-hybridized carbons (Fsp3) is 0.400. The van der Waals surface area contributed by atoms with Crippen molar-refractivity contribution in [2.45, 2.75) is 37.6 Å². The Morgan fingerprint density at radius 3 is 2.60 bits per heavy atom. The van der Waals surface area contributed by atoms with Gasteiger partial charge in [-0.2, -0.15) is 0 Å². The number of nitrogens with zero attached hydrogens (tertiary/aromatic N) is 1. The Kier molecular flexibility index (Phi) is 5.56. The van der Waals surface area contributed by atoms with E-state index in [0.29, 0.717) is 5.56 Å². The normalized spacial score (nSPS) is 23.5. The van der Waals surface area contributed by atoms with Crippen molar-refractivity contribution in [1.82, 2.24) is 4.90 Å². The molecule has 2 aliphatic rings. The molecule has 0 spiro atoms. The van der Waals surface area contributed by atoms with Crippen LogP contribution >= 0.6 is 0 Å². The van der Waals surface area contributed by atoms with Gasteiger partial charge in [0.25, 0.3) is 0 Å². The molecular weight excluding hydrogens is 378 g/mol. The number of allylic oxidation sites excluding steroid dienone is 1. The van der Waals surface area contributed by atoms with E-state index in [9.17, 15) is 4.79 Å². The predicted molar refractivity (Wildman–Crippen MR) is 116 cm³/mol. The maximum absolute atomic E-state index is 12.6. The summed E-state index contributed by atoms with van der Waals surface area (Å²) >= 11 is 0. The Balaban J connectivity index is 1.62. The zero-order chi connectivity index (χ0) is 21.3. The van der Waals surface area contributed by atoms with Crippen molar-refractivity contribution in [3.8, 4) is 11.5 Å². The third-order valence-corrected chi connectivity index (χ3v) is 6.55. The number of rotatable bonds is 5. The fourth-order valence-corrected chi connectivity index (χ4v) is 4.89. The SMILES string of the molecule is COc1ccc([C@@]23CCC(OC(=O)c4cccc(C)c4)=C[C@@H]2N(C)CC3)cc1OC. The smallest absolute Gasteiger partial charge is 0.343 e. The second kappa shape index (κ2) is 8.15. The highest BCUT2D eigenvalue weighted by molar-refractivity contribution is 5.90. The number of benzene rings is 2. The molecule has 1 fully saturated rings. The number of likely N-dealkylation sites (tertiary alicyclic amines) is 1. The molecule has 1 saturated heterocycles. The van der Waals surface area contributed by atoms with Crippen molar-refractivity contribution in [2.75, 3.05) is 27.8 Å². The Morgan fingerprint density at radius 1 is 1.07 bits per heavy atom. The number of fused-ring (bicyclic) bond motifs is 1. The Morgan fingerprint density at radius 2 is 1.87 bits per heavy atom. The van der Waals surface area contributed by atoms with E-state index in [1.54, 1.807) is 20.3 Å².